The van der Waals surface area contributed by atoms with Gasteiger partial charge in [0, 0.05) is 24.8 Å². The molecule has 0 amide bonds. The second-order valence-corrected chi connectivity index (χ2v) is 3.24. The molecule has 0 fully saturated rings. The van der Waals surface area contributed by atoms with Gasteiger partial charge in [-0.3, -0.25) is 9.13 Å². The summed E-state index contributed by atoms with van der Waals surface area (Å²) in [6.07, 6.45) is 3.56. The van der Waals surface area contributed by atoms with E-state index >= 15 is 0 Å². The van der Waals surface area contributed by atoms with Crippen molar-refractivity contribution in [1.82, 2.24) is 9.13 Å². The summed E-state index contributed by atoms with van der Waals surface area (Å²) >= 11 is 5.44. The molecule has 0 bridgehead atoms. The lowest BCUT2D eigenvalue weighted by molar-refractivity contribution is 0.140. The molecular weight excluding hydrogens is 204 g/mol. The number of ether oxygens (including phenoxy) is 1. The Hall–Kier alpha value is -0.740. The number of aromatic nitrogens is 2. The molecule has 14 heavy (non-hydrogen) atoms. The van der Waals surface area contributed by atoms with Gasteiger partial charge in [-0.1, -0.05) is 0 Å². The monoisotopic (exact) mass is 218 g/mol. The summed E-state index contributed by atoms with van der Waals surface area (Å²) in [5.41, 5.74) is 0.0157. The minimum absolute atomic E-state index is 0.0157. The molecule has 1 heterocycles. The Morgan fingerprint density at radius 3 is 2.64 bits per heavy atom. The van der Waals surface area contributed by atoms with Crippen molar-refractivity contribution in [1.29, 1.82) is 0 Å². The molecule has 0 unspecified atom stereocenters. The number of halogens is 1. The van der Waals surface area contributed by atoms with Gasteiger partial charge in [0.25, 0.3) is 0 Å². The minimum atomic E-state index is 0.0157. The number of imidazole rings is 1. The first kappa shape index (κ1) is 11.3. The zero-order valence-corrected chi connectivity index (χ0v) is 9.04. The van der Waals surface area contributed by atoms with Gasteiger partial charge < -0.3 is 4.74 Å². The fraction of sp³-hybridized carbons (Fsp3) is 0.667. The highest BCUT2D eigenvalue weighted by atomic mass is 35.5. The van der Waals surface area contributed by atoms with Gasteiger partial charge in [-0.05, 0) is 6.92 Å². The summed E-state index contributed by atoms with van der Waals surface area (Å²) < 4.78 is 8.47. The molecule has 0 N–H and O–H groups in total. The first-order valence-corrected chi connectivity index (χ1v) is 5.22. The molecule has 1 aromatic heterocycles. The third kappa shape index (κ3) is 2.89. The predicted octanol–water partition coefficient (Wildman–Crippen LogP) is 0.925. The van der Waals surface area contributed by atoms with Gasteiger partial charge in [0.15, 0.2) is 0 Å². The quantitative estimate of drug-likeness (QED) is 0.526. The van der Waals surface area contributed by atoms with Crippen LogP contribution in [0.15, 0.2) is 17.2 Å². The van der Waals surface area contributed by atoms with E-state index in [0.717, 1.165) is 0 Å². The van der Waals surface area contributed by atoms with Crippen LogP contribution >= 0.6 is 11.6 Å². The molecule has 0 saturated heterocycles. The summed E-state index contributed by atoms with van der Waals surface area (Å²) in [5, 5.41) is 0. The van der Waals surface area contributed by atoms with Gasteiger partial charge in [-0.25, -0.2) is 4.79 Å². The summed E-state index contributed by atoms with van der Waals surface area (Å²) in [5.74, 6) is 0.491. The topological polar surface area (TPSA) is 36.2 Å². The fourth-order valence-corrected chi connectivity index (χ4v) is 1.29. The predicted molar refractivity (Wildman–Crippen MR) is 55.9 cm³/mol. The molecule has 1 aromatic rings. The van der Waals surface area contributed by atoms with Gasteiger partial charge in [0.05, 0.1) is 19.8 Å². The molecule has 0 spiro atoms. The summed E-state index contributed by atoms with van der Waals surface area (Å²) in [6, 6.07) is 0. The van der Waals surface area contributed by atoms with Crippen LogP contribution in [-0.4, -0.2) is 28.2 Å². The summed E-state index contributed by atoms with van der Waals surface area (Å²) in [4.78, 5) is 11.5. The number of aryl methyl sites for hydroxylation is 1. The van der Waals surface area contributed by atoms with Crippen LogP contribution in [0.1, 0.15) is 6.92 Å². The third-order valence-corrected chi connectivity index (χ3v) is 2.11. The molecule has 80 valence electrons. The van der Waals surface area contributed by atoms with E-state index in [1.807, 2.05) is 6.92 Å². The van der Waals surface area contributed by atoms with Crippen molar-refractivity contribution in [3.05, 3.63) is 22.9 Å². The zero-order chi connectivity index (χ0) is 10.4. The molecule has 4 nitrogen and oxygen atoms in total. The number of nitrogens with zero attached hydrogens (tertiary/aromatic N) is 2. The molecule has 0 aromatic carbocycles. The Morgan fingerprint density at radius 1 is 1.36 bits per heavy atom. The normalized spacial score (nSPS) is 10.7. The van der Waals surface area contributed by atoms with Crippen molar-refractivity contribution in [3.63, 3.8) is 0 Å². The molecule has 0 aliphatic heterocycles. The largest absolute Gasteiger partial charge is 0.378 e. The zero-order valence-electron chi connectivity index (χ0n) is 8.28. The van der Waals surface area contributed by atoms with Crippen LogP contribution in [0.4, 0.5) is 0 Å². The first-order valence-electron chi connectivity index (χ1n) is 4.69. The molecular formula is C9H15ClN2O2. The van der Waals surface area contributed by atoms with Crippen molar-refractivity contribution in [2.24, 2.45) is 0 Å². The van der Waals surface area contributed by atoms with E-state index in [2.05, 4.69) is 0 Å². The lowest BCUT2D eigenvalue weighted by atomic mass is 10.6. The third-order valence-electron chi connectivity index (χ3n) is 1.96. The van der Waals surface area contributed by atoms with Crippen molar-refractivity contribution < 1.29 is 4.74 Å². The highest BCUT2D eigenvalue weighted by Gasteiger charge is 2.00. The molecule has 0 aliphatic rings. The lowest BCUT2D eigenvalue weighted by Crippen LogP contribution is -2.25. The molecule has 0 aliphatic carbocycles. The molecule has 5 heteroatoms. The van der Waals surface area contributed by atoms with Gasteiger partial charge >= 0.3 is 5.69 Å². The smallest absolute Gasteiger partial charge is 0.328 e. The Labute approximate surface area is 88.0 Å². The molecule has 0 atom stereocenters. The van der Waals surface area contributed by atoms with E-state index in [1.54, 1.807) is 21.5 Å². The Bertz CT molecular complexity index is 319. The van der Waals surface area contributed by atoms with E-state index in [9.17, 15) is 4.79 Å². The SMILES string of the molecule is CCn1ccn(CCOCCCl)c1=O. The van der Waals surface area contributed by atoms with Crippen LogP contribution in [-0.2, 0) is 17.8 Å². The Morgan fingerprint density at radius 2 is 2.07 bits per heavy atom. The van der Waals surface area contributed by atoms with Crippen molar-refractivity contribution in [2.45, 2.75) is 20.0 Å². The van der Waals surface area contributed by atoms with Crippen LogP contribution in [0, 0.1) is 0 Å². The van der Waals surface area contributed by atoms with Crippen molar-refractivity contribution in [3.8, 4) is 0 Å². The summed E-state index contributed by atoms with van der Waals surface area (Å²) in [7, 11) is 0. The Balaban J connectivity index is 2.43. The van der Waals surface area contributed by atoms with Crippen molar-refractivity contribution >= 4 is 11.6 Å². The van der Waals surface area contributed by atoms with Crippen LogP contribution in [0.5, 0.6) is 0 Å². The van der Waals surface area contributed by atoms with Crippen LogP contribution in [0.2, 0.25) is 0 Å². The van der Waals surface area contributed by atoms with Crippen LogP contribution < -0.4 is 5.69 Å². The highest BCUT2D eigenvalue weighted by molar-refractivity contribution is 6.17. The first-order chi connectivity index (χ1) is 6.79. The number of hydrogen-bond acceptors (Lipinski definition) is 2. The van der Waals surface area contributed by atoms with Gasteiger partial charge in [0.1, 0.15) is 0 Å². The van der Waals surface area contributed by atoms with E-state index < -0.39 is 0 Å². The highest BCUT2D eigenvalue weighted by Crippen LogP contribution is 1.87. The molecule has 0 saturated carbocycles. The van der Waals surface area contributed by atoms with Crippen LogP contribution in [0.3, 0.4) is 0 Å². The average molecular weight is 219 g/mol. The lowest BCUT2D eigenvalue weighted by Gasteiger charge is -2.02. The van der Waals surface area contributed by atoms with E-state index in [-0.39, 0.29) is 5.69 Å². The van der Waals surface area contributed by atoms with E-state index in [1.165, 1.54) is 0 Å². The average Bonchev–Trinajstić information content (AvgIpc) is 2.55. The number of rotatable bonds is 6. The maximum absolute atomic E-state index is 11.5. The summed E-state index contributed by atoms with van der Waals surface area (Å²) in [6.45, 7) is 4.29. The second-order valence-electron chi connectivity index (χ2n) is 2.86. The van der Waals surface area contributed by atoms with E-state index in [0.29, 0.717) is 32.2 Å². The Kier molecular flexibility index (Phi) is 4.76. The number of alkyl halides is 1. The maximum Gasteiger partial charge on any atom is 0.328 e. The standard InChI is InChI=1S/C9H15ClN2O2/c1-2-11-4-5-12(9(11)13)6-8-14-7-3-10/h4-5H,2-3,6-8H2,1H3. The second kappa shape index (κ2) is 5.88. The maximum atomic E-state index is 11.5. The molecule has 0 radical (unpaired) electrons. The van der Waals surface area contributed by atoms with Crippen LogP contribution in [0.25, 0.3) is 0 Å². The minimum Gasteiger partial charge on any atom is -0.378 e. The number of hydrogen-bond donors (Lipinski definition) is 0. The van der Waals surface area contributed by atoms with Crippen molar-refractivity contribution in [2.75, 3.05) is 19.1 Å². The van der Waals surface area contributed by atoms with Gasteiger partial charge in [-0.2, -0.15) is 0 Å². The fourth-order valence-electron chi connectivity index (χ4n) is 1.18. The molecule has 1 rings (SSSR count). The van der Waals surface area contributed by atoms with E-state index in [4.69, 9.17) is 16.3 Å². The van der Waals surface area contributed by atoms with Gasteiger partial charge in [-0.15, -0.1) is 11.6 Å². The van der Waals surface area contributed by atoms with Gasteiger partial charge in [0.2, 0.25) is 0 Å².